The molecule has 6 atom stereocenters. The number of aliphatic hydroxyl groups is 1. The Balaban J connectivity index is 1.18. The van der Waals surface area contributed by atoms with Crippen LogP contribution in [-0.4, -0.2) is 53.5 Å². The Kier molecular flexibility index (Phi) is 19.4. The first-order valence-corrected chi connectivity index (χ1v) is 19.9. The Morgan fingerprint density at radius 3 is 1.91 bits per heavy atom. The fourth-order valence-electron chi connectivity index (χ4n) is 7.74. The summed E-state index contributed by atoms with van der Waals surface area (Å²) in [6.45, 7) is 8.28. The zero-order valence-corrected chi connectivity index (χ0v) is 30.4. The van der Waals surface area contributed by atoms with Crippen molar-refractivity contribution in [2.75, 3.05) is 0 Å². The Bertz CT molecular complexity index is 840. The SMILES string of the molecule is CCCCCCCCCCCC[C@H](O)[C@H]1CC[C@H]([C@H]2C[C@H](CCCCCCCCCCCCC3=C[C@H](C)OC3=O)OC(C)(C)O2)O1. The molecule has 268 valence electrons. The van der Waals surface area contributed by atoms with E-state index in [0.717, 1.165) is 56.9 Å². The van der Waals surface area contributed by atoms with Crippen LogP contribution < -0.4 is 0 Å². The standard InChI is InChI=1S/C40H72O6/c1-5-6-7-8-9-10-15-18-21-24-27-35(41)36-28-29-37(44-36)38-31-34(45-40(3,4)46-38)26-23-20-17-14-12-11-13-16-19-22-25-33-30-32(2)43-39(33)42/h30,32,34-38,41H,5-29,31H2,1-4H3/t32-,34-,35-,36+,37+,38+/m0/s1. The van der Waals surface area contributed by atoms with E-state index >= 15 is 0 Å². The van der Waals surface area contributed by atoms with Crippen LogP contribution in [0.15, 0.2) is 11.6 Å². The van der Waals surface area contributed by atoms with Gasteiger partial charge in [0.05, 0.1) is 30.5 Å². The zero-order valence-electron chi connectivity index (χ0n) is 30.4. The first kappa shape index (κ1) is 39.5. The van der Waals surface area contributed by atoms with E-state index in [-0.39, 0.29) is 42.6 Å². The second-order valence-corrected chi connectivity index (χ2v) is 15.2. The van der Waals surface area contributed by atoms with Crippen LogP contribution in [0.3, 0.4) is 0 Å². The third kappa shape index (κ3) is 16.0. The molecule has 3 aliphatic heterocycles. The van der Waals surface area contributed by atoms with E-state index in [1.165, 1.54) is 116 Å². The van der Waals surface area contributed by atoms with Crippen LogP contribution >= 0.6 is 0 Å². The molecule has 2 fully saturated rings. The molecule has 0 saturated carbocycles. The minimum atomic E-state index is -0.584. The Morgan fingerprint density at radius 2 is 1.33 bits per heavy atom. The summed E-state index contributed by atoms with van der Waals surface area (Å²) >= 11 is 0. The maximum atomic E-state index is 11.7. The maximum absolute atomic E-state index is 11.7. The molecule has 6 nitrogen and oxygen atoms in total. The molecule has 6 heteroatoms. The molecule has 2 saturated heterocycles. The van der Waals surface area contributed by atoms with Crippen LogP contribution in [0.1, 0.15) is 195 Å². The van der Waals surface area contributed by atoms with Gasteiger partial charge in [0.25, 0.3) is 0 Å². The smallest absolute Gasteiger partial charge is 0.334 e. The first-order chi connectivity index (χ1) is 22.3. The molecule has 0 unspecified atom stereocenters. The minimum absolute atomic E-state index is 0.0420. The summed E-state index contributed by atoms with van der Waals surface area (Å²) in [5, 5.41) is 10.9. The summed E-state index contributed by atoms with van der Waals surface area (Å²) in [4.78, 5) is 11.7. The van der Waals surface area contributed by atoms with Crippen LogP contribution in [0.5, 0.6) is 0 Å². The van der Waals surface area contributed by atoms with Gasteiger partial charge in [0.2, 0.25) is 0 Å². The molecule has 3 aliphatic rings. The number of carbonyl (C=O) groups is 1. The van der Waals surface area contributed by atoms with E-state index < -0.39 is 5.79 Å². The number of hydrogen-bond donors (Lipinski definition) is 1. The Morgan fingerprint density at radius 1 is 0.761 bits per heavy atom. The molecule has 0 spiro atoms. The van der Waals surface area contributed by atoms with E-state index in [2.05, 4.69) is 6.92 Å². The van der Waals surface area contributed by atoms with Crippen molar-refractivity contribution >= 4 is 5.97 Å². The van der Waals surface area contributed by atoms with Crippen LogP contribution in [0.25, 0.3) is 0 Å². The summed E-state index contributed by atoms with van der Waals surface area (Å²) in [5.41, 5.74) is 0.878. The Labute approximate surface area is 283 Å². The second kappa shape index (κ2) is 22.6. The Hall–Kier alpha value is -0.950. The van der Waals surface area contributed by atoms with Crippen LogP contribution in [0, 0.1) is 0 Å². The van der Waals surface area contributed by atoms with Gasteiger partial charge in [-0.15, -0.1) is 0 Å². The van der Waals surface area contributed by atoms with Gasteiger partial charge in [-0.3, -0.25) is 0 Å². The molecule has 3 rings (SSSR count). The lowest BCUT2D eigenvalue weighted by molar-refractivity contribution is -0.315. The molecular formula is C40H72O6. The number of esters is 1. The lowest BCUT2D eigenvalue weighted by atomic mass is 9.96. The van der Waals surface area contributed by atoms with Crippen LogP contribution in [0.2, 0.25) is 0 Å². The van der Waals surface area contributed by atoms with E-state index in [4.69, 9.17) is 18.9 Å². The second-order valence-electron chi connectivity index (χ2n) is 15.2. The number of carbonyl (C=O) groups excluding carboxylic acids is 1. The predicted octanol–water partition coefficient (Wildman–Crippen LogP) is 10.7. The topological polar surface area (TPSA) is 74.2 Å². The number of ether oxygens (including phenoxy) is 4. The summed E-state index contributed by atoms with van der Waals surface area (Å²) in [5.74, 6) is -0.694. The minimum Gasteiger partial charge on any atom is -0.455 e. The number of rotatable bonds is 26. The van der Waals surface area contributed by atoms with E-state index in [1.807, 2.05) is 26.8 Å². The first-order valence-electron chi connectivity index (χ1n) is 19.9. The van der Waals surface area contributed by atoms with Gasteiger partial charge in [-0.25, -0.2) is 4.79 Å². The highest BCUT2D eigenvalue weighted by Crippen LogP contribution is 2.36. The van der Waals surface area contributed by atoms with Crippen molar-refractivity contribution < 1.29 is 28.8 Å². The van der Waals surface area contributed by atoms with Gasteiger partial charge < -0.3 is 24.1 Å². The average Bonchev–Trinajstić information content (AvgIpc) is 3.64. The molecule has 0 aromatic rings. The van der Waals surface area contributed by atoms with Crippen molar-refractivity contribution in [3.05, 3.63) is 11.6 Å². The third-order valence-corrected chi connectivity index (χ3v) is 10.4. The summed E-state index contributed by atoms with van der Waals surface area (Å²) in [7, 11) is 0. The largest absolute Gasteiger partial charge is 0.455 e. The van der Waals surface area contributed by atoms with Crippen molar-refractivity contribution in [2.45, 2.75) is 237 Å². The van der Waals surface area contributed by atoms with Gasteiger partial charge in [-0.1, -0.05) is 129 Å². The molecule has 0 radical (unpaired) electrons. The van der Waals surface area contributed by atoms with Gasteiger partial charge in [0.15, 0.2) is 5.79 Å². The molecular weight excluding hydrogens is 576 g/mol. The van der Waals surface area contributed by atoms with Gasteiger partial charge in [-0.05, 0) is 65.4 Å². The molecule has 0 aromatic heterocycles. The quantitative estimate of drug-likeness (QED) is 0.0743. The molecule has 0 aromatic carbocycles. The van der Waals surface area contributed by atoms with E-state index in [9.17, 15) is 9.90 Å². The van der Waals surface area contributed by atoms with Crippen molar-refractivity contribution in [1.82, 2.24) is 0 Å². The lowest BCUT2D eigenvalue weighted by Gasteiger charge is -2.43. The number of hydrogen-bond acceptors (Lipinski definition) is 6. The summed E-state index contributed by atoms with van der Waals surface area (Å²) in [6, 6.07) is 0. The van der Waals surface area contributed by atoms with Crippen LogP contribution in [0.4, 0.5) is 0 Å². The van der Waals surface area contributed by atoms with Crippen LogP contribution in [-0.2, 0) is 23.7 Å². The van der Waals surface area contributed by atoms with E-state index in [0.29, 0.717) is 0 Å². The van der Waals surface area contributed by atoms with Gasteiger partial charge in [0.1, 0.15) is 6.10 Å². The zero-order chi connectivity index (χ0) is 33.0. The number of cyclic esters (lactones) is 1. The van der Waals surface area contributed by atoms with Gasteiger partial charge in [-0.2, -0.15) is 0 Å². The molecule has 0 amide bonds. The fourth-order valence-corrected chi connectivity index (χ4v) is 7.74. The maximum Gasteiger partial charge on any atom is 0.334 e. The molecule has 46 heavy (non-hydrogen) atoms. The average molecular weight is 649 g/mol. The van der Waals surface area contributed by atoms with Crippen molar-refractivity contribution in [2.24, 2.45) is 0 Å². The van der Waals surface area contributed by atoms with Gasteiger partial charge >= 0.3 is 5.97 Å². The number of aliphatic hydroxyl groups excluding tert-OH is 1. The third-order valence-electron chi connectivity index (χ3n) is 10.4. The fraction of sp³-hybridized carbons (Fsp3) is 0.925. The van der Waals surface area contributed by atoms with Crippen molar-refractivity contribution in [1.29, 1.82) is 0 Å². The van der Waals surface area contributed by atoms with E-state index in [1.54, 1.807) is 0 Å². The lowest BCUT2D eigenvalue weighted by Crippen LogP contribution is -2.49. The highest BCUT2D eigenvalue weighted by atomic mass is 16.7. The molecule has 1 N–H and O–H groups in total. The predicted molar refractivity (Wildman–Crippen MR) is 188 cm³/mol. The highest BCUT2D eigenvalue weighted by Gasteiger charge is 2.43. The van der Waals surface area contributed by atoms with Gasteiger partial charge in [0, 0.05) is 12.0 Å². The van der Waals surface area contributed by atoms with Crippen molar-refractivity contribution in [3.8, 4) is 0 Å². The van der Waals surface area contributed by atoms with Crippen molar-refractivity contribution in [3.63, 3.8) is 0 Å². The number of unbranched alkanes of at least 4 members (excludes halogenated alkanes) is 18. The monoisotopic (exact) mass is 649 g/mol. The molecule has 0 bridgehead atoms. The summed E-state index contributed by atoms with van der Waals surface area (Å²) < 4.78 is 24.3. The molecule has 0 aliphatic carbocycles. The highest BCUT2D eigenvalue weighted by molar-refractivity contribution is 5.90. The summed E-state index contributed by atoms with van der Waals surface area (Å²) in [6.07, 6.45) is 33.3. The normalized spacial score (nSPS) is 26.8. The molecule has 3 heterocycles.